The molecule has 1 atom stereocenters. The zero-order valence-corrected chi connectivity index (χ0v) is 12.0. The van der Waals surface area contributed by atoms with E-state index in [4.69, 9.17) is 4.43 Å². The zero-order valence-electron chi connectivity index (χ0n) is 11.0. The number of hydrogen-bond donors (Lipinski definition) is 1. The van der Waals surface area contributed by atoms with Gasteiger partial charge in [-0.2, -0.15) is 0 Å². The second-order valence-corrected chi connectivity index (χ2v) is 10.3. The average Bonchev–Trinajstić information content (AvgIpc) is 2.64. The van der Waals surface area contributed by atoms with E-state index in [9.17, 15) is 0 Å². The Kier molecular flexibility index (Phi) is 4.38. The lowest BCUT2D eigenvalue weighted by atomic mass is 10.2. The fourth-order valence-electron chi connectivity index (χ4n) is 2.76. The molecule has 15 heavy (non-hydrogen) atoms. The second-order valence-electron chi connectivity index (χ2n) is 5.76. The molecule has 0 aliphatic heterocycles. The Hall–Kier alpha value is 0.137. The van der Waals surface area contributed by atoms with Gasteiger partial charge in [-0.15, -0.1) is 0 Å². The highest BCUT2D eigenvalue weighted by Crippen LogP contribution is 2.38. The molecule has 1 N–H and O–H groups in total. The van der Waals surface area contributed by atoms with Crippen molar-refractivity contribution in [3.05, 3.63) is 0 Å². The lowest BCUT2D eigenvalue weighted by molar-refractivity contribution is 0.333. The van der Waals surface area contributed by atoms with Crippen molar-refractivity contribution >= 4 is 8.48 Å². The monoisotopic (exact) mass is 229 g/mol. The normalized spacial score (nSPS) is 23.0. The van der Waals surface area contributed by atoms with Crippen LogP contribution in [0.2, 0.25) is 11.1 Å². The van der Waals surface area contributed by atoms with E-state index in [1.54, 1.807) is 0 Å². The van der Waals surface area contributed by atoms with Gasteiger partial charge in [-0.3, -0.25) is 0 Å². The van der Waals surface area contributed by atoms with Gasteiger partial charge in [-0.25, -0.2) is 0 Å². The smallest absolute Gasteiger partial charge is 0.273 e. The molecular formula is C12H27NOSi. The molecule has 90 valence electrons. The summed E-state index contributed by atoms with van der Waals surface area (Å²) in [4.78, 5) is 3.89. The Morgan fingerprint density at radius 2 is 1.80 bits per heavy atom. The summed E-state index contributed by atoms with van der Waals surface area (Å²) in [6.45, 7) is 9.21. The number of nitrogens with one attached hydrogen (secondary N) is 1. The highest BCUT2D eigenvalue weighted by Gasteiger charge is 2.46. The molecule has 0 spiro atoms. The summed E-state index contributed by atoms with van der Waals surface area (Å²) in [7, 11) is 0.132. The Morgan fingerprint density at radius 3 is 2.13 bits per heavy atom. The standard InChI is InChI=1S/C12H27NOSi/c1-6-15(14-5,12(2,3)4)13-11-9-7-8-10-11/h11,13H,6-10H2,1-5H3. The Morgan fingerprint density at radius 1 is 1.27 bits per heavy atom. The predicted molar refractivity (Wildman–Crippen MR) is 68.4 cm³/mol. The molecule has 0 radical (unpaired) electrons. The summed E-state index contributed by atoms with van der Waals surface area (Å²) in [5, 5.41) is 0.277. The van der Waals surface area contributed by atoms with Crippen LogP contribution >= 0.6 is 0 Å². The molecule has 1 unspecified atom stereocenters. The van der Waals surface area contributed by atoms with Gasteiger partial charge in [0.25, 0.3) is 8.48 Å². The van der Waals surface area contributed by atoms with Crippen molar-refractivity contribution in [1.29, 1.82) is 0 Å². The summed E-state index contributed by atoms with van der Waals surface area (Å²) in [6.07, 6.45) is 5.46. The van der Waals surface area contributed by atoms with Crippen LogP contribution in [-0.2, 0) is 4.43 Å². The molecule has 1 aliphatic carbocycles. The third kappa shape index (κ3) is 2.83. The van der Waals surface area contributed by atoms with Crippen molar-refractivity contribution in [3.8, 4) is 0 Å². The van der Waals surface area contributed by atoms with Gasteiger partial charge >= 0.3 is 0 Å². The van der Waals surface area contributed by atoms with Crippen molar-refractivity contribution in [3.63, 3.8) is 0 Å². The third-order valence-corrected chi connectivity index (χ3v) is 8.84. The topological polar surface area (TPSA) is 21.3 Å². The van der Waals surface area contributed by atoms with Gasteiger partial charge in [0.2, 0.25) is 0 Å². The highest BCUT2D eigenvalue weighted by atomic mass is 28.4. The maximum atomic E-state index is 5.94. The van der Waals surface area contributed by atoms with Crippen LogP contribution in [0.4, 0.5) is 0 Å². The minimum Gasteiger partial charge on any atom is -0.406 e. The highest BCUT2D eigenvalue weighted by molar-refractivity contribution is 6.74. The molecule has 1 rings (SSSR count). The molecule has 0 saturated heterocycles. The third-order valence-electron chi connectivity index (χ3n) is 3.85. The largest absolute Gasteiger partial charge is 0.406 e. The first-order chi connectivity index (χ1) is 6.95. The van der Waals surface area contributed by atoms with Crippen molar-refractivity contribution in [2.24, 2.45) is 0 Å². The van der Waals surface area contributed by atoms with Crippen molar-refractivity contribution in [1.82, 2.24) is 4.98 Å². The second kappa shape index (κ2) is 4.98. The van der Waals surface area contributed by atoms with Gasteiger partial charge in [0.15, 0.2) is 0 Å². The van der Waals surface area contributed by atoms with E-state index < -0.39 is 8.48 Å². The Labute approximate surface area is 96.0 Å². The number of hydrogen-bond acceptors (Lipinski definition) is 2. The van der Waals surface area contributed by atoms with Gasteiger partial charge in [0, 0.05) is 13.2 Å². The molecule has 0 amide bonds. The molecule has 1 fully saturated rings. The molecule has 0 heterocycles. The zero-order chi connectivity index (χ0) is 11.5. The average molecular weight is 229 g/mol. The summed E-state index contributed by atoms with van der Waals surface area (Å²) in [5.41, 5.74) is 0. The van der Waals surface area contributed by atoms with E-state index in [0.29, 0.717) is 0 Å². The van der Waals surface area contributed by atoms with Crippen molar-refractivity contribution in [2.45, 2.75) is 70.5 Å². The van der Waals surface area contributed by atoms with Crippen LogP contribution in [0.1, 0.15) is 53.4 Å². The fraction of sp³-hybridized carbons (Fsp3) is 1.00. The van der Waals surface area contributed by atoms with Crippen LogP contribution in [-0.4, -0.2) is 21.6 Å². The first-order valence-electron chi connectivity index (χ1n) is 6.28. The lowest BCUT2D eigenvalue weighted by Crippen LogP contribution is -2.61. The Balaban J connectivity index is 2.71. The SMILES string of the molecule is CC[Si](NC1CCCC1)(OC)C(C)(C)C. The molecule has 0 aromatic carbocycles. The van der Waals surface area contributed by atoms with Crippen LogP contribution in [0.5, 0.6) is 0 Å². The van der Waals surface area contributed by atoms with E-state index in [-0.39, 0.29) is 5.04 Å². The van der Waals surface area contributed by atoms with Gasteiger partial charge in [-0.05, 0) is 23.9 Å². The fourth-order valence-corrected chi connectivity index (χ4v) is 6.42. The Bertz CT molecular complexity index is 190. The van der Waals surface area contributed by atoms with Crippen molar-refractivity contribution in [2.75, 3.05) is 7.11 Å². The van der Waals surface area contributed by atoms with Crippen LogP contribution in [0.15, 0.2) is 0 Å². The lowest BCUT2D eigenvalue weighted by Gasteiger charge is -2.42. The first kappa shape index (κ1) is 13.2. The van der Waals surface area contributed by atoms with Gasteiger partial charge in [0.1, 0.15) is 0 Å². The van der Waals surface area contributed by atoms with Gasteiger partial charge in [0.05, 0.1) is 0 Å². The van der Waals surface area contributed by atoms with Crippen LogP contribution in [0.25, 0.3) is 0 Å². The van der Waals surface area contributed by atoms with Crippen LogP contribution < -0.4 is 4.98 Å². The molecular weight excluding hydrogens is 202 g/mol. The quantitative estimate of drug-likeness (QED) is 0.746. The van der Waals surface area contributed by atoms with E-state index in [1.165, 1.54) is 25.7 Å². The van der Waals surface area contributed by atoms with Crippen LogP contribution in [0, 0.1) is 0 Å². The van der Waals surface area contributed by atoms with Gasteiger partial charge in [-0.1, -0.05) is 40.5 Å². The minimum absolute atomic E-state index is 0.277. The molecule has 0 aromatic rings. The van der Waals surface area contributed by atoms with Crippen molar-refractivity contribution < 1.29 is 4.43 Å². The molecule has 0 bridgehead atoms. The summed E-state index contributed by atoms with van der Waals surface area (Å²) >= 11 is 0. The maximum absolute atomic E-state index is 5.94. The first-order valence-corrected chi connectivity index (χ1v) is 8.39. The number of rotatable bonds is 4. The van der Waals surface area contributed by atoms with Crippen LogP contribution in [0.3, 0.4) is 0 Å². The molecule has 0 aromatic heterocycles. The molecule has 1 saturated carbocycles. The molecule has 3 heteroatoms. The van der Waals surface area contributed by atoms with E-state index >= 15 is 0 Å². The van der Waals surface area contributed by atoms with E-state index in [0.717, 1.165) is 12.1 Å². The van der Waals surface area contributed by atoms with Gasteiger partial charge < -0.3 is 9.41 Å². The summed E-state index contributed by atoms with van der Waals surface area (Å²) < 4.78 is 5.94. The van der Waals surface area contributed by atoms with E-state index in [2.05, 4.69) is 32.7 Å². The summed E-state index contributed by atoms with van der Waals surface area (Å²) in [6, 6.07) is 1.87. The minimum atomic E-state index is -1.76. The predicted octanol–water partition coefficient (Wildman–Crippen LogP) is 3.43. The molecule has 2 nitrogen and oxygen atoms in total. The molecule has 1 aliphatic rings. The van der Waals surface area contributed by atoms with E-state index in [1.807, 2.05) is 7.11 Å². The summed E-state index contributed by atoms with van der Waals surface area (Å²) in [5.74, 6) is 0. The maximum Gasteiger partial charge on any atom is 0.273 e.